The molecule has 0 saturated heterocycles. The zero-order valence-corrected chi connectivity index (χ0v) is 51.5. The highest BCUT2D eigenvalue weighted by Gasteiger charge is 2.20. The number of carbonyl (C=O) groups excluding carboxylic acids is 2. The molecule has 0 aromatic heterocycles. The molecule has 0 saturated carbocycles. The predicted molar refractivity (Wildman–Crippen MR) is 333 cm³/mol. The van der Waals surface area contributed by atoms with Gasteiger partial charge in [0.25, 0.3) is 0 Å². The fraction of sp³-hybridized carbons (Fsp3) is 0.914. The van der Waals surface area contributed by atoms with Crippen molar-refractivity contribution in [3.63, 3.8) is 0 Å². The van der Waals surface area contributed by atoms with Crippen molar-refractivity contribution in [2.24, 2.45) is 0 Å². The Hall–Kier alpha value is -1.66. The van der Waals surface area contributed by atoms with Crippen molar-refractivity contribution in [3.05, 3.63) is 24.3 Å². The molecule has 3 N–H and O–H groups in total. The lowest BCUT2D eigenvalue weighted by molar-refractivity contribution is -0.143. The number of hydrogen-bond acceptors (Lipinski definition) is 5. The van der Waals surface area contributed by atoms with E-state index < -0.39 is 12.1 Å². The van der Waals surface area contributed by atoms with Gasteiger partial charge < -0.3 is 20.3 Å². The molecule has 2 atom stereocenters. The maximum atomic E-state index is 12.5. The van der Waals surface area contributed by atoms with Gasteiger partial charge in [0.15, 0.2) is 0 Å². The summed E-state index contributed by atoms with van der Waals surface area (Å²) in [6, 6.07) is -0.544. The summed E-state index contributed by atoms with van der Waals surface area (Å²) in [5, 5.41) is 23.4. The molecule has 0 spiro atoms. The zero-order chi connectivity index (χ0) is 55.0. The Labute approximate surface area is 475 Å². The highest BCUT2D eigenvalue weighted by Crippen LogP contribution is 2.19. The molecule has 1 amide bonds. The van der Waals surface area contributed by atoms with E-state index in [0.29, 0.717) is 25.9 Å². The van der Waals surface area contributed by atoms with Crippen molar-refractivity contribution in [1.82, 2.24) is 5.32 Å². The van der Waals surface area contributed by atoms with Crippen LogP contribution in [0.1, 0.15) is 386 Å². The van der Waals surface area contributed by atoms with Crippen molar-refractivity contribution < 1.29 is 24.5 Å². The van der Waals surface area contributed by atoms with Gasteiger partial charge in [0.2, 0.25) is 5.91 Å². The van der Waals surface area contributed by atoms with Gasteiger partial charge >= 0.3 is 5.97 Å². The molecule has 6 heteroatoms. The first-order valence-electron chi connectivity index (χ1n) is 34.6. The quantitative estimate of drug-likeness (QED) is 0.0320. The largest absolute Gasteiger partial charge is 0.466 e. The highest BCUT2D eigenvalue weighted by molar-refractivity contribution is 5.76. The van der Waals surface area contributed by atoms with Crippen LogP contribution < -0.4 is 5.32 Å². The zero-order valence-electron chi connectivity index (χ0n) is 51.5. The molecule has 0 aromatic rings. The molecule has 450 valence electrons. The van der Waals surface area contributed by atoms with E-state index in [-0.39, 0.29) is 18.5 Å². The number of amides is 1. The summed E-state index contributed by atoms with van der Waals surface area (Å²) < 4.78 is 5.50. The van der Waals surface area contributed by atoms with E-state index in [1.54, 1.807) is 0 Å². The van der Waals surface area contributed by atoms with Gasteiger partial charge in [-0.15, -0.1) is 0 Å². The number of aliphatic hydroxyl groups is 2. The van der Waals surface area contributed by atoms with Crippen molar-refractivity contribution in [1.29, 1.82) is 0 Å². The second kappa shape index (κ2) is 65.9. The van der Waals surface area contributed by atoms with Gasteiger partial charge in [-0.3, -0.25) is 9.59 Å². The maximum absolute atomic E-state index is 12.5. The van der Waals surface area contributed by atoms with Crippen LogP contribution in [0.4, 0.5) is 0 Å². The normalized spacial score (nSPS) is 12.6. The Morgan fingerprint density at radius 2 is 0.658 bits per heavy atom. The number of unbranched alkanes of at least 4 members (excludes halogenated alkanes) is 50. The Balaban J connectivity index is 3.38. The number of rotatable bonds is 65. The number of esters is 1. The van der Waals surface area contributed by atoms with Gasteiger partial charge in [-0.05, 0) is 57.8 Å². The number of aliphatic hydroxyl groups excluding tert-OH is 2. The fourth-order valence-electron chi connectivity index (χ4n) is 11.0. The molecule has 0 aliphatic heterocycles. The number of carbonyl (C=O) groups is 2. The van der Waals surface area contributed by atoms with Crippen LogP contribution in [0.15, 0.2) is 24.3 Å². The summed E-state index contributed by atoms with van der Waals surface area (Å²) in [6.45, 7) is 4.96. The van der Waals surface area contributed by atoms with Crippen LogP contribution in [0.25, 0.3) is 0 Å². The smallest absolute Gasteiger partial charge is 0.305 e. The number of hydrogen-bond donors (Lipinski definition) is 3. The molecule has 0 bridgehead atoms. The Morgan fingerprint density at radius 3 is 1.03 bits per heavy atom. The topological polar surface area (TPSA) is 95.9 Å². The first kappa shape index (κ1) is 74.3. The van der Waals surface area contributed by atoms with Crippen molar-refractivity contribution in [2.45, 2.75) is 398 Å². The lowest BCUT2D eigenvalue weighted by Gasteiger charge is -2.22. The lowest BCUT2D eigenvalue weighted by Crippen LogP contribution is -2.45. The minimum Gasteiger partial charge on any atom is -0.466 e. The summed E-state index contributed by atoms with van der Waals surface area (Å²) >= 11 is 0. The van der Waals surface area contributed by atoms with Crippen LogP contribution >= 0.6 is 0 Å². The second-order valence-corrected chi connectivity index (χ2v) is 23.9. The first-order chi connectivity index (χ1) is 37.5. The average Bonchev–Trinajstić information content (AvgIpc) is 3.42. The molecular weight excluding hydrogens is 935 g/mol. The summed E-state index contributed by atoms with van der Waals surface area (Å²) in [5.74, 6) is -0.0249. The predicted octanol–water partition coefficient (Wildman–Crippen LogP) is 22.1. The lowest BCUT2D eigenvalue weighted by atomic mass is 10.0. The van der Waals surface area contributed by atoms with Gasteiger partial charge in [-0.25, -0.2) is 0 Å². The van der Waals surface area contributed by atoms with Crippen LogP contribution in [0.5, 0.6) is 0 Å². The van der Waals surface area contributed by atoms with Gasteiger partial charge in [0.1, 0.15) is 0 Å². The van der Waals surface area contributed by atoms with Crippen LogP contribution in [0, 0.1) is 0 Å². The van der Waals surface area contributed by atoms with Crippen LogP contribution in [-0.4, -0.2) is 47.4 Å². The summed E-state index contributed by atoms with van der Waals surface area (Å²) in [6.07, 6.45) is 82.1. The molecule has 0 fully saturated rings. The monoisotopic (exact) mass is 1070 g/mol. The SMILES string of the molecule is CCCCC/C=C\C/C=C\CCCCCCCCCCCC(=O)OCCCCCCCCCCCCCCCCCCCCCCC(=O)NC(CO)C(O)CCCCCCCCCCCCCCCCCCCCCC. The molecule has 0 radical (unpaired) electrons. The minimum atomic E-state index is -0.667. The first-order valence-corrected chi connectivity index (χ1v) is 34.6. The van der Waals surface area contributed by atoms with E-state index in [1.165, 1.54) is 302 Å². The molecule has 0 rings (SSSR count). The van der Waals surface area contributed by atoms with Gasteiger partial charge in [0, 0.05) is 12.8 Å². The fourth-order valence-corrected chi connectivity index (χ4v) is 11.0. The maximum Gasteiger partial charge on any atom is 0.305 e. The molecular formula is C70H135NO5. The number of ether oxygens (including phenoxy) is 1. The molecule has 76 heavy (non-hydrogen) atoms. The molecule has 2 unspecified atom stereocenters. The van der Waals surface area contributed by atoms with Gasteiger partial charge in [0.05, 0.1) is 25.4 Å². The average molecular weight is 1070 g/mol. The van der Waals surface area contributed by atoms with E-state index in [9.17, 15) is 19.8 Å². The van der Waals surface area contributed by atoms with Crippen LogP contribution in [0.3, 0.4) is 0 Å². The van der Waals surface area contributed by atoms with Crippen molar-refractivity contribution in [2.75, 3.05) is 13.2 Å². The standard InChI is InChI=1S/C70H135NO5/c1-3-5-7-9-11-13-15-17-19-21-23-27-30-34-38-42-46-50-54-58-62-68(73)67(66-72)71-69(74)63-59-55-51-47-43-39-35-31-28-24-25-29-33-37-41-45-49-53-57-61-65-76-70(75)64-60-56-52-48-44-40-36-32-26-22-20-18-16-14-12-10-8-6-4-2/h12,14,18,20,67-68,72-73H,3-11,13,15-17,19,21-66H2,1-2H3,(H,71,74)/b14-12-,20-18-. The van der Waals surface area contributed by atoms with E-state index in [1.807, 2.05) is 0 Å². The third-order valence-electron chi connectivity index (χ3n) is 16.3. The number of allylic oxidation sites excluding steroid dienone is 4. The Bertz CT molecular complexity index is 1190. The Morgan fingerprint density at radius 1 is 0.368 bits per heavy atom. The van der Waals surface area contributed by atoms with E-state index >= 15 is 0 Å². The third-order valence-corrected chi connectivity index (χ3v) is 16.3. The van der Waals surface area contributed by atoms with Gasteiger partial charge in [-0.2, -0.15) is 0 Å². The number of nitrogens with one attached hydrogen (secondary N) is 1. The summed E-state index contributed by atoms with van der Waals surface area (Å²) in [7, 11) is 0. The molecule has 6 nitrogen and oxygen atoms in total. The van der Waals surface area contributed by atoms with E-state index in [2.05, 4.69) is 43.5 Å². The summed E-state index contributed by atoms with van der Waals surface area (Å²) in [4.78, 5) is 24.7. The van der Waals surface area contributed by atoms with Crippen molar-refractivity contribution in [3.8, 4) is 0 Å². The van der Waals surface area contributed by atoms with E-state index in [4.69, 9.17) is 4.74 Å². The molecule has 0 aromatic carbocycles. The highest BCUT2D eigenvalue weighted by atomic mass is 16.5. The third kappa shape index (κ3) is 61.6. The van der Waals surface area contributed by atoms with E-state index in [0.717, 1.165) is 51.4 Å². The van der Waals surface area contributed by atoms with Crippen LogP contribution in [-0.2, 0) is 14.3 Å². The molecule has 0 aliphatic rings. The van der Waals surface area contributed by atoms with Gasteiger partial charge in [-0.1, -0.05) is 340 Å². The minimum absolute atomic E-state index is 0.00789. The van der Waals surface area contributed by atoms with Crippen molar-refractivity contribution >= 4 is 11.9 Å². The molecule has 0 aliphatic carbocycles. The summed E-state index contributed by atoms with van der Waals surface area (Å²) in [5.41, 5.74) is 0. The Kier molecular flexibility index (Phi) is 64.4. The second-order valence-electron chi connectivity index (χ2n) is 23.9. The van der Waals surface area contributed by atoms with Crippen LogP contribution in [0.2, 0.25) is 0 Å². The molecule has 0 heterocycles.